The van der Waals surface area contributed by atoms with Gasteiger partial charge in [0.05, 0.1) is 60.9 Å². The van der Waals surface area contributed by atoms with Crippen LogP contribution in [0.3, 0.4) is 0 Å². The van der Waals surface area contributed by atoms with E-state index in [0.29, 0.717) is 75.9 Å². The zero-order valence-electron chi connectivity index (χ0n) is 45.5. The van der Waals surface area contributed by atoms with Crippen LogP contribution in [0.4, 0.5) is 0 Å². The van der Waals surface area contributed by atoms with Crippen molar-refractivity contribution in [2.75, 3.05) is 68.7 Å². The molecule has 20 nitrogen and oxygen atoms in total. The highest BCUT2D eigenvalue weighted by atomic mass is 32.2. The van der Waals surface area contributed by atoms with Crippen LogP contribution in [0.25, 0.3) is 0 Å². The van der Waals surface area contributed by atoms with Gasteiger partial charge in [-0.15, -0.1) is 0 Å². The predicted octanol–water partition coefficient (Wildman–Crippen LogP) is 2.76. The summed E-state index contributed by atoms with van der Waals surface area (Å²) in [4.78, 5) is 102. The normalized spacial score (nSPS) is 19.8. The smallest absolute Gasteiger partial charge is 0.308 e. The summed E-state index contributed by atoms with van der Waals surface area (Å²) in [6, 6.07) is 2.87. The first-order chi connectivity index (χ1) is 34.4. The van der Waals surface area contributed by atoms with Gasteiger partial charge in [-0.1, -0.05) is 67.0 Å². The molecule has 21 heteroatoms. The molecular weight excluding hydrogens is 963 g/mol. The number of benzene rings is 1. The molecule has 0 radical (unpaired) electrons. The first-order valence-electron chi connectivity index (χ1n) is 25.9. The number of carbonyl (C=O) groups excluding carboxylic acids is 7. The van der Waals surface area contributed by atoms with Gasteiger partial charge in [0.1, 0.15) is 17.8 Å². The van der Waals surface area contributed by atoms with Crippen LogP contribution in [0.1, 0.15) is 105 Å². The molecule has 1 aromatic carbocycles. The van der Waals surface area contributed by atoms with Gasteiger partial charge in [-0.05, 0) is 88.1 Å². The first kappa shape index (κ1) is 60.7. The van der Waals surface area contributed by atoms with Gasteiger partial charge >= 0.3 is 5.97 Å². The van der Waals surface area contributed by atoms with Crippen molar-refractivity contribution in [1.29, 1.82) is 0 Å². The third-order valence-electron chi connectivity index (χ3n) is 14.9. The topological polar surface area (TPSA) is 240 Å². The number of nitrogens with one attached hydrogen (secondary N) is 3. The lowest BCUT2D eigenvalue weighted by Crippen LogP contribution is -2.59. The van der Waals surface area contributed by atoms with Crippen molar-refractivity contribution < 1.29 is 60.9 Å². The number of hydrogen-bond acceptors (Lipinski definition) is 14. The SMILES string of the molecule is CCC(C)C(C(CC(=O)N1CCCC1C(OC)C(C)C(=O)NC(Cc1ccc(OCC(=O)N2CCC(C(=O)OC)CC2)cc1)C(=O)NS(=O)(=O)C1CC1)OC)N(C)C(=O)C(NC(=O)C(C(C)C)N(C)C)C(C)C. The zero-order chi connectivity index (χ0) is 54.5. The average molecular weight is 1050 g/mol. The molecule has 1 saturated carbocycles. The van der Waals surface area contributed by atoms with Gasteiger partial charge in [0, 0.05) is 47.3 Å². The number of piperidine rings is 1. The lowest BCUT2D eigenvalue weighted by Gasteiger charge is -2.41. The van der Waals surface area contributed by atoms with E-state index in [4.69, 9.17) is 18.9 Å². The van der Waals surface area contributed by atoms with Crippen LogP contribution in [-0.2, 0) is 64.2 Å². The van der Waals surface area contributed by atoms with Crippen molar-refractivity contribution in [2.24, 2.45) is 29.6 Å². The maximum Gasteiger partial charge on any atom is 0.308 e. The summed E-state index contributed by atoms with van der Waals surface area (Å²) in [5.41, 5.74) is 0.570. The average Bonchev–Trinajstić information content (AvgIpc) is 4.12. The fourth-order valence-electron chi connectivity index (χ4n) is 10.3. The monoisotopic (exact) mass is 1050 g/mol. The lowest BCUT2D eigenvalue weighted by atomic mass is 9.89. The molecule has 3 fully saturated rings. The molecule has 73 heavy (non-hydrogen) atoms. The van der Waals surface area contributed by atoms with E-state index in [1.54, 1.807) is 52.9 Å². The molecule has 412 valence electrons. The number of carbonyl (C=O) groups is 7. The highest BCUT2D eigenvalue weighted by molar-refractivity contribution is 7.90. The van der Waals surface area contributed by atoms with Crippen LogP contribution in [0.2, 0.25) is 0 Å². The standard InChI is InChI=1S/C52H85N7O13S/c1-14-33(6)46(57(10)51(65)44(31(2)3)54-50(64)45(32(4)5)56(8)9)41(69-11)29-42(60)59-25-15-16-40(59)47(70-12)34(7)48(62)53-39(49(63)55-73(67,68)38-21-22-38)28-35-17-19-37(20-18-35)72-30-43(61)58-26-23-36(24-27-58)52(66)71-13/h17-20,31-34,36,38-41,44-47H,14-16,21-30H2,1-13H3,(H,53,62)(H,54,64)(H,55,63). The Morgan fingerprint density at radius 1 is 0.767 bits per heavy atom. The van der Waals surface area contributed by atoms with Crippen LogP contribution >= 0.6 is 0 Å². The second-order valence-electron chi connectivity index (χ2n) is 21.1. The van der Waals surface area contributed by atoms with Crippen LogP contribution in [0.5, 0.6) is 5.75 Å². The summed E-state index contributed by atoms with van der Waals surface area (Å²) in [5.74, 6) is -3.92. The third-order valence-corrected chi connectivity index (χ3v) is 16.7. The van der Waals surface area contributed by atoms with Gasteiger partial charge in [-0.2, -0.15) is 0 Å². The molecule has 2 aliphatic heterocycles. The Bertz CT molecular complexity index is 2140. The highest BCUT2D eigenvalue weighted by Gasteiger charge is 2.44. The summed E-state index contributed by atoms with van der Waals surface area (Å²) in [6.45, 7) is 14.3. The number of esters is 1. The molecule has 3 N–H and O–H groups in total. The maximum absolute atomic E-state index is 14.5. The number of methoxy groups -OCH3 is 3. The number of amides is 6. The second-order valence-corrected chi connectivity index (χ2v) is 23.0. The zero-order valence-corrected chi connectivity index (χ0v) is 46.3. The molecule has 0 spiro atoms. The van der Waals surface area contributed by atoms with E-state index in [1.165, 1.54) is 21.3 Å². The fraction of sp³-hybridized carbons (Fsp3) is 0.750. The van der Waals surface area contributed by atoms with Crippen LogP contribution in [0, 0.1) is 29.6 Å². The molecule has 2 saturated heterocycles. The predicted molar refractivity (Wildman–Crippen MR) is 274 cm³/mol. The highest BCUT2D eigenvalue weighted by Crippen LogP contribution is 2.31. The molecule has 3 aliphatic rings. The van der Waals surface area contributed by atoms with E-state index < -0.39 is 75.4 Å². The Morgan fingerprint density at radius 2 is 1.40 bits per heavy atom. The van der Waals surface area contributed by atoms with Crippen molar-refractivity contribution in [3.8, 4) is 5.75 Å². The van der Waals surface area contributed by atoms with E-state index in [2.05, 4.69) is 15.4 Å². The van der Waals surface area contributed by atoms with Crippen molar-refractivity contribution >= 4 is 51.4 Å². The number of likely N-dealkylation sites (N-methyl/N-ethyl adjacent to an activating group) is 2. The molecule has 6 amide bonds. The van der Waals surface area contributed by atoms with E-state index >= 15 is 0 Å². The van der Waals surface area contributed by atoms with E-state index in [-0.39, 0.29) is 72.7 Å². The van der Waals surface area contributed by atoms with E-state index in [9.17, 15) is 42.0 Å². The summed E-state index contributed by atoms with van der Waals surface area (Å²) in [7, 11) is 5.68. The Hall–Kier alpha value is -4.86. The molecule has 1 aliphatic carbocycles. The van der Waals surface area contributed by atoms with Crippen molar-refractivity contribution in [1.82, 2.24) is 35.0 Å². The Morgan fingerprint density at radius 3 is 1.92 bits per heavy atom. The molecule has 9 unspecified atom stereocenters. The van der Waals surface area contributed by atoms with Crippen molar-refractivity contribution in [2.45, 2.75) is 154 Å². The van der Waals surface area contributed by atoms with Crippen LogP contribution < -0.4 is 20.1 Å². The minimum absolute atomic E-state index is 0.00101. The molecular formula is C52H85N7O13S. The van der Waals surface area contributed by atoms with Crippen LogP contribution in [-0.4, -0.2) is 186 Å². The summed E-state index contributed by atoms with van der Waals surface area (Å²) in [6.07, 6.45) is 1.94. The molecule has 0 aromatic heterocycles. The Kier molecular flexibility index (Phi) is 23.0. The summed E-state index contributed by atoms with van der Waals surface area (Å²) >= 11 is 0. The van der Waals surface area contributed by atoms with Gasteiger partial charge in [-0.3, -0.25) is 43.2 Å². The lowest BCUT2D eigenvalue weighted by molar-refractivity contribution is -0.149. The van der Waals surface area contributed by atoms with Crippen LogP contribution in [0.15, 0.2) is 24.3 Å². The number of likely N-dealkylation sites (tertiary alicyclic amines) is 2. The molecule has 4 rings (SSSR count). The summed E-state index contributed by atoms with van der Waals surface area (Å²) < 4.78 is 50.7. The quantitative estimate of drug-likeness (QED) is 0.108. The largest absolute Gasteiger partial charge is 0.484 e. The number of ether oxygens (including phenoxy) is 4. The Labute approximate surface area is 433 Å². The number of rotatable bonds is 27. The van der Waals surface area contributed by atoms with Gasteiger partial charge in [-0.25, -0.2) is 8.42 Å². The number of hydrogen-bond donors (Lipinski definition) is 3. The van der Waals surface area contributed by atoms with Crippen molar-refractivity contribution in [3.63, 3.8) is 0 Å². The van der Waals surface area contributed by atoms with E-state index in [0.717, 1.165) is 0 Å². The summed E-state index contributed by atoms with van der Waals surface area (Å²) in [5, 5.41) is 5.11. The van der Waals surface area contributed by atoms with Gasteiger partial charge in [0.2, 0.25) is 33.7 Å². The second kappa shape index (κ2) is 27.6. The molecule has 0 bridgehead atoms. The minimum Gasteiger partial charge on any atom is -0.484 e. The van der Waals surface area contributed by atoms with Crippen molar-refractivity contribution in [3.05, 3.63) is 29.8 Å². The maximum atomic E-state index is 14.5. The van der Waals surface area contributed by atoms with E-state index in [1.807, 2.05) is 60.5 Å². The third kappa shape index (κ3) is 16.3. The van der Waals surface area contributed by atoms with Gasteiger partial charge in [0.15, 0.2) is 6.61 Å². The minimum atomic E-state index is -3.98. The molecule has 9 atom stereocenters. The van der Waals surface area contributed by atoms with Gasteiger partial charge in [0.25, 0.3) is 11.8 Å². The number of nitrogens with zero attached hydrogens (tertiary/aromatic N) is 4. The molecule has 2 heterocycles. The molecule has 1 aromatic rings. The number of sulfonamides is 1. The van der Waals surface area contributed by atoms with Gasteiger partial charge < -0.3 is 44.3 Å². The Balaban J connectivity index is 1.47. The first-order valence-corrected chi connectivity index (χ1v) is 27.5. The fourth-order valence-corrected chi connectivity index (χ4v) is 11.7.